The minimum absolute atomic E-state index is 0.0733. The molecule has 0 saturated heterocycles. The number of carboxylic acids is 1. The summed E-state index contributed by atoms with van der Waals surface area (Å²) in [5, 5.41) is 8.82. The van der Waals surface area contributed by atoms with Gasteiger partial charge in [0.15, 0.2) is 0 Å². The highest BCUT2D eigenvalue weighted by Gasteiger charge is 2.20. The Bertz CT molecular complexity index is 446. The number of urea groups is 1. The van der Waals surface area contributed by atoms with E-state index in [1.165, 1.54) is 4.90 Å². The molecule has 5 nitrogen and oxygen atoms in total. The number of anilines is 1. The second kappa shape index (κ2) is 7.53. The van der Waals surface area contributed by atoms with Crippen LogP contribution in [0.25, 0.3) is 0 Å². The fourth-order valence-corrected chi connectivity index (χ4v) is 1.98. The zero-order chi connectivity index (χ0) is 15.1. The summed E-state index contributed by atoms with van der Waals surface area (Å²) in [6, 6.07) is 8.97. The van der Waals surface area contributed by atoms with Gasteiger partial charge in [-0.15, -0.1) is 0 Å². The summed E-state index contributed by atoms with van der Waals surface area (Å²) < 4.78 is 0. The van der Waals surface area contributed by atoms with Crippen molar-refractivity contribution in [2.75, 3.05) is 25.0 Å². The summed E-state index contributed by atoms with van der Waals surface area (Å²) in [5.41, 5.74) is 0.717. The highest BCUT2D eigenvalue weighted by molar-refractivity contribution is 5.92. The van der Waals surface area contributed by atoms with Crippen LogP contribution in [0, 0.1) is 5.92 Å². The van der Waals surface area contributed by atoms with Crippen LogP contribution < -0.4 is 4.90 Å². The molecule has 0 aliphatic heterocycles. The summed E-state index contributed by atoms with van der Waals surface area (Å²) in [6.45, 7) is 4.87. The predicted octanol–water partition coefficient (Wildman–Crippen LogP) is 2.68. The fraction of sp³-hybridized carbons (Fsp3) is 0.467. The van der Waals surface area contributed by atoms with Gasteiger partial charge in [-0.3, -0.25) is 9.69 Å². The highest BCUT2D eigenvalue weighted by atomic mass is 16.4. The molecule has 0 saturated carbocycles. The molecule has 1 aromatic rings. The maximum absolute atomic E-state index is 12.5. The Morgan fingerprint density at radius 1 is 1.20 bits per heavy atom. The quantitative estimate of drug-likeness (QED) is 0.870. The number of nitrogens with zero attached hydrogens (tertiary/aromatic N) is 2. The van der Waals surface area contributed by atoms with E-state index in [2.05, 4.69) is 0 Å². The Morgan fingerprint density at radius 2 is 1.80 bits per heavy atom. The van der Waals surface area contributed by atoms with Crippen LogP contribution in [0.15, 0.2) is 30.3 Å². The Morgan fingerprint density at radius 3 is 2.30 bits per heavy atom. The van der Waals surface area contributed by atoms with Gasteiger partial charge in [-0.25, -0.2) is 4.79 Å². The molecule has 110 valence electrons. The van der Waals surface area contributed by atoms with Crippen molar-refractivity contribution in [2.24, 2.45) is 5.92 Å². The van der Waals surface area contributed by atoms with Gasteiger partial charge in [0.05, 0.1) is 6.42 Å². The number of benzene rings is 1. The Kier molecular flexibility index (Phi) is 6.03. The van der Waals surface area contributed by atoms with E-state index >= 15 is 0 Å². The molecule has 0 spiro atoms. The first-order valence-electron chi connectivity index (χ1n) is 6.71. The van der Waals surface area contributed by atoms with Gasteiger partial charge < -0.3 is 10.0 Å². The average Bonchev–Trinajstić information content (AvgIpc) is 2.38. The molecule has 0 fully saturated rings. The summed E-state index contributed by atoms with van der Waals surface area (Å²) in [5.74, 6) is -0.550. The highest BCUT2D eigenvalue weighted by Crippen LogP contribution is 2.16. The van der Waals surface area contributed by atoms with Crippen molar-refractivity contribution in [1.29, 1.82) is 0 Å². The van der Waals surface area contributed by atoms with Crippen molar-refractivity contribution < 1.29 is 14.7 Å². The normalized spacial score (nSPS) is 10.4. The van der Waals surface area contributed by atoms with E-state index < -0.39 is 5.97 Å². The molecular formula is C15H22N2O3. The smallest absolute Gasteiger partial charge is 0.324 e. The molecular weight excluding hydrogens is 256 g/mol. The lowest BCUT2D eigenvalue weighted by molar-refractivity contribution is -0.136. The Balaban J connectivity index is 2.87. The van der Waals surface area contributed by atoms with Crippen molar-refractivity contribution >= 4 is 17.7 Å². The number of hydrogen-bond acceptors (Lipinski definition) is 2. The molecule has 0 aliphatic rings. The predicted molar refractivity (Wildman–Crippen MR) is 78.9 cm³/mol. The van der Waals surface area contributed by atoms with Gasteiger partial charge in [-0.1, -0.05) is 32.0 Å². The van der Waals surface area contributed by atoms with E-state index in [0.29, 0.717) is 18.2 Å². The van der Waals surface area contributed by atoms with E-state index in [-0.39, 0.29) is 19.0 Å². The summed E-state index contributed by atoms with van der Waals surface area (Å²) in [7, 11) is 1.74. The number of carboxylic acid groups (broad SMARTS) is 1. The van der Waals surface area contributed by atoms with Crippen LogP contribution in [0.4, 0.5) is 10.5 Å². The monoisotopic (exact) mass is 278 g/mol. The Labute approximate surface area is 119 Å². The van der Waals surface area contributed by atoms with Gasteiger partial charge >= 0.3 is 12.0 Å². The molecule has 1 rings (SSSR count). The lowest BCUT2D eigenvalue weighted by Gasteiger charge is -2.29. The molecule has 0 bridgehead atoms. The van der Waals surface area contributed by atoms with Crippen LogP contribution in [0.1, 0.15) is 20.3 Å². The molecule has 5 heteroatoms. The van der Waals surface area contributed by atoms with Gasteiger partial charge in [0, 0.05) is 25.8 Å². The standard InChI is InChI=1S/C15H22N2O3/c1-12(2)11-16(3)15(20)17(10-9-14(18)19)13-7-5-4-6-8-13/h4-8,12H,9-11H2,1-3H3,(H,18,19). The molecule has 0 heterocycles. The number of amides is 2. The van der Waals surface area contributed by atoms with Gasteiger partial charge in [-0.2, -0.15) is 0 Å². The van der Waals surface area contributed by atoms with Gasteiger partial charge in [0.25, 0.3) is 0 Å². The molecule has 0 atom stereocenters. The third-order valence-corrected chi connectivity index (χ3v) is 2.81. The van der Waals surface area contributed by atoms with Crippen LogP contribution in [0.2, 0.25) is 0 Å². The van der Waals surface area contributed by atoms with E-state index in [9.17, 15) is 9.59 Å². The Hall–Kier alpha value is -2.04. The molecule has 2 amide bonds. The SMILES string of the molecule is CC(C)CN(C)C(=O)N(CCC(=O)O)c1ccccc1. The van der Waals surface area contributed by atoms with E-state index in [4.69, 9.17) is 5.11 Å². The van der Waals surface area contributed by atoms with Crippen molar-refractivity contribution in [3.8, 4) is 0 Å². The molecule has 0 radical (unpaired) electrons. The summed E-state index contributed by atoms with van der Waals surface area (Å²) >= 11 is 0. The number of rotatable bonds is 6. The maximum atomic E-state index is 12.5. The third kappa shape index (κ3) is 4.91. The molecule has 20 heavy (non-hydrogen) atoms. The van der Waals surface area contributed by atoms with Crippen molar-refractivity contribution in [1.82, 2.24) is 4.90 Å². The van der Waals surface area contributed by atoms with Crippen LogP contribution >= 0.6 is 0 Å². The van der Waals surface area contributed by atoms with Crippen LogP contribution in [0.3, 0.4) is 0 Å². The molecule has 1 aromatic carbocycles. The van der Waals surface area contributed by atoms with Crippen molar-refractivity contribution in [3.63, 3.8) is 0 Å². The number of carbonyl (C=O) groups is 2. The molecule has 0 aliphatic carbocycles. The van der Waals surface area contributed by atoms with E-state index in [0.717, 1.165) is 0 Å². The summed E-state index contributed by atoms with van der Waals surface area (Å²) in [4.78, 5) is 26.3. The maximum Gasteiger partial charge on any atom is 0.324 e. The zero-order valence-electron chi connectivity index (χ0n) is 12.2. The first kappa shape index (κ1) is 16.0. The number of carbonyl (C=O) groups excluding carboxylic acids is 1. The minimum atomic E-state index is -0.912. The lowest BCUT2D eigenvalue weighted by Crippen LogP contribution is -2.43. The number of para-hydroxylation sites is 1. The third-order valence-electron chi connectivity index (χ3n) is 2.81. The van der Waals surface area contributed by atoms with Crippen LogP contribution in [-0.4, -0.2) is 42.1 Å². The molecule has 1 N–H and O–H groups in total. The second-order valence-corrected chi connectivity index (χ2v) is 5.19. The van der Waals surface area contributed by atoms with E-state index in [1.807, 2.05) is 44.2 Å². The van der Waals surface area contributed by atoms with E-state index in [1.54, 1.807) is 11.9 Å². The van der Waals surface area contributed by atoms with Gasteiger partial charge in [0.2, 0.25) is 0 Å². The topological polar surface area (TPSA) is 60.9 Å². The summed E-state index contributed by atoms with van der Waals surface area (Å²) in [6.07, 6.45) is -0.0733. The molecule has 0 aromatic heterocycles. The minimum Gasteiger partial charge on any atom is -0.481 e. The molecule has 0 unspecified atom stereocenters. The zero-order valence-corrected chi connectivity index (χ0v) is 12.2. The first-order chi connectivity index (χ1) is 9.41. The van der Waals surface area contributed by atoms with Crippen LogP contribution in [0.5, 0.6) is 0 Å². The number of hydrogen-bond donors (Lipinski definition) is 1. The van der Waals surface area contributed by atoms with Crippen LogP contribution in [-0.2, 0) is 4.79 Å². The lowest BCUT2D eigenvalue weighted by atomic mass is 10.2. The van der Waals surface area contributed by atoms with Gasteiger partial charge in [0.1, 0.15) is 0 Å². The fourth-order valence-electron chi connectivity index (χ4n) is 1.98. The number of aliphatic carboxylic acids is 1. The second-order valence-electron chi connectivity index (χ2n) is 5.19. The van der Waals surface area contributed by atoms with Crippen molar-refractivity contribution in [3.05, 3.63) is 30.3 Å². The first-order valence-corrected chi connectivity index (χ1v) is 6.71. The van der Waals surface area contributed by atoms with Gasteiger partial charge in [-0.05, 0) is 18.1 Å². The van der Waals surface area contributed by atoms with Crippen molar-refractivity contribution in [2.45, 2.75) is 20.3 Å². The average molecular weight is 278 g/mol. The largest absolute Gasteiger partial charge is 0.481 e.